The van der Waals surface area contributed by atoms with E-state index in [0.29, 0.717) is 28.0 Å². The van der Waals surface area contributed by atoms with Crippen LogP contribution in [0.25, 0.3) is 16.6 Å². The fourth-order valence-electron chi connectivity index (χ4n) is 3.25. The first-order valence-corrected chi connectivity index (χ1v) is 11.1. The minimum Gasteiger partial charge on any atom is -0.353 e. The van der Waals surface area contributed by atoms with E-state index in [1.54, 1.807) is 10.6 Å². The molecule has 1 heterocycles. The fourth-order valence-corrected chi connectivity index (χ4v) is 4.08. The van der Waals surface area contributed by atoms with Crippen molar-refractivity contribution in [2.45, 2.75) is 50.2 Å². The molecule has 0 unspecified atom stereocenters. The van der Waals surface area contributed by atoms with E-state index in [9.17, 15) is 9.59 Å². The molecular weight excluding hydrogens is 382 g/mol. The van der Waals surface area contributed by atoms with Gasteiger partial charge in [0.25, 0.3) is 5.56 Å². The molecule has 4 rings (SSSR count). The van der Waals surface area contributed by atoms with Gasteiger partial charge in [-0.05, 0) is 55.0 Å². The lowest BCUT2D eigenvalue weighted by molar-refractivity contribution is -0.118. The smallest absolute Gasteiger partial charge is 0.266 e. The van der Waals surface area contributed by atoms with E-state index in [0.717, 1.165) is 24.9 Å². The van der Waals surface area contributed by atoms with Crippen LogP contribution in [0.1, 0.15) is 44.6 Å². The number of para-hydroxylation sites is 1. The van der Waals surface area contributed by atoms with Crippen LogP contribution in [0, 0.1) is 0 Å². The van der Waals surface area contributed by atoms with Gasteiger partial charge in [0, 0.05) is 6.04 Å². The second-order valence-electron chi connectivity index (χ2n) is 7.58. The molecule has 3 aromatic rings. The highest BCUT2D eigenvalue weighted by Crippen LogP contribution is 2.24. The number of rotatable bonds is 7. The molecular formula is C23H25N3O2S. The summed E-state index contributed by atoms with van der Waals surface area (Å²) in [6.07, 6.45) is 3.17. The Bertz CT molecular complexity index is 1090. The van der Waals surface area contributed by atoms with Crippen LogP contribution in [0.15, 0.2) is 58.5 Å². The monoisotopic (exact) mass is 407 g/mol. The topological polar surface area (TPSA) is 64.0 Å². The Labute approximate surface area is 174 Å². The number of hydrogen-bond acceptors (Lipinski definition) is 4. The van der Waals surface area contributed by atoms with Gasteiger partial charge in [-0.15, -0.1) is 0 Å². The minimum absolute atomic E-state index is 0.0152. The van der Waals surface area contributed by atoms with Gasteiger partial charge in [0.1, 0.15) is 0 Å². The van der Waals surface area contributed by atoms with Gasteiger partial charge in [0.2, 0.25) is 5.91 Å². The standard InChI is InChI=1S/C23H25N3O2S/c1-3-15(2)16-8-12-18(13-9-16)26-22(28)19-6-4-5-7-20(19)25-23(26)29-14-21(27)24-17-10-11-17/h4-9,12-13,15,17H,3,10-11,14H2,1-2H3,(H,24,27)/t15-/m0/s1. The zero-order valence-corrected chi connectivity index (χ0v) is 17.5. The molecule has 1 N–H and O–H groups in total. The molecule has 1 fully saturated rings. The molecule has 150 valence electrons. The van der Waals surface area contributed by atoms with Gasteiger partial charge < -0.3 is 5.32 Å². The third kappa shape index (κ3) is 4.37. The van der Waals surface area contributed by atoms with Gasteiger partial charge in [-0.25, -0.2) is 4.98 Å². The van der Waals surface area contributed by atoms with Crippen molar-refractivity contribution >= 4 is 28.6 Å². The van der Waals surface area contributed by atoms with E-state index in [-0.39, 0.29) is 17.2 Å². The number of benzene rings is 2. The van der Waals surface area contributed by atoms with Crippen molar-refractivity contribution in [3.63, 3.8) is 0 Å². The molecule has 1 aliphatic rings. The zero-order valence-electron chi connectivity index (χ0n) is 16.7. The number of amides is 1. The van der Waals surface area contributed by atoms with Crippen LogP contribution in [-0.4, -0.2) is 27.3 Å². The summed E-state index contributed by atoms with van der Waals surface area (Å²) < 4.78 is 1.62. The number of fused-ring (bicyclic) bond motifs is 1. The molecule has 0 spiro atoms. The molecule has 1 aliphatic carbocycles. The molecule has 0 saturated heterocycles. The number of nitrogens with one attached hydrogen (secondary N) is 1. The first-order valence-electron chi connectivity index (χ1n) is 10.1. The summed E-state index contributed by atoms with van der Waals surface area (Å²) >= 11 is 1.30. The number of aromatic nitrogens is 2. The summed E-state index contributed by atoms with van der Waals surface area (Å²) in [4.78, 5) is 30.1. The van der Waals surface area contributed by atoms with E-state index in [1.807, 2.05) is 30.3 Å². The Morgan fingerprint density at radius 2 is 1.93 bits per heavy atom. The van der Waals surface area contributed by atoms with Crippen LogP contribution >= 0.6 is 11.8 Å². The summed E-state index contributed by atoms with van der Waals surface area (Å²) in [6.45, 7) is 4.36. The Balaban J connectivity index is 1.72. The van der Waals surface area contributed by atoms with Crippen molar-refractivity contribution in [3.8, 4) is 5.69 Å². The lowest BCUT2D eigenvalue weighted by Crippen LogP contribution is -2.28. The molecule has 1 aromatic heterocycles. The summed E-state index contributed by atoms with van der Waals surface area (Å²) in [5.74, 6) is 0.695. The van der Waals surface area contributed by atoms with Crippen LogP contribution in [0.5, 0.6) is 0 Å². The van der Waals surface area contributed by atoms with Crippen LogP contribution in [0.2, 0.25) is 0 Å². The normalized spacial score (nSPS) is 14.7. The maximum Gasteiger partial charge on any atom is 0.266 e. The van der Waals surface area contributed by atoms with Crippen molar-refractivity contribution < 1.29 is 4.79 Å². The van der Waals surface area contributed by atoms with E-state index in [2.05, 4.69) is 31.3 Å². The van der Waals surface area contributed by atoms with Crippen molar-refractivity contribution in [1.29, 1.82) is 0 Å². The lowest BCUT2D eigenvalue weighted by atomic mass is 9.98. The van der Waals surface area contributed by atoms with Crippen molar-refractivity contribution in [2.24, 2.45) is 0 Å². The average Bonchev–Trinajstić information content (AvgIpc) is 3.56. The van der Waals surface area contributed by atoms with Gasteiger partial charge >= 0.3 is 0 Å². The summed E-state index contributed by atoms with van der Waals surface area (Å²) in [5.41, 5.74) is 2.55. The van der Waals surface area contributed by atoms with Crippen LogP contribution in [0.3, 0.4) is 0 Å². The molecule has 5 nitrogen and oxygen atoms in total. The quantitative estimate of drug-likeness (QED) is 0.469. The Kier molecular flexibility index (Phi) is 5.72. The highest BCUT2D eigenvalue weighted by atomic mass is 32.2. The molecule has 0 radical (unpaired) electrons. The molecule has 1 atom stereocenters. The second-order valence-corrected chi connectivity index (χ2v) is 8.53. The lowest BCUT2D eigenvalue weighted by Gasteiger charge is -2.15. The average molecular weight is 408 g/mol. The number of hydrogen-bond donors (Lipinski definition) is 1. The molecule has 2 aromatic carbocycles. The Morgan fingerprint density at radius 1 is 1.21 bits per heavy atom. The van der Waals surface area contributed by atoms with Crippen molar-refractivity contribution in [2.75, 3.05) is 5.75 Å². The van der Waals surface area contributed by atoms with Crippen LogP contribution < -0.4 is 10.9 Å². The van der Waals surface area contributed by atoms with E-state index in [1.165, 1.54) is 17.3 Å². The number of thioether (sulfide) groups is 1. The van der Waals surface area contributed by atoms with Gasteiger partial charge in [-0.2, -0.15) is 0 Å². The highest BCUT2D eigenvalue weighted by Gasteiger charge is 2.23. The molecule has 0 aliphatic heterocycles. The number of carbonyl (C=O) groups is 1. The predicted molar refractivity (Wildman–Crippen MR) is 118 cm³/mol. The molecule has 1 saturated carbocycles. The van der Waals surface area contributed by atoms with E-state index >= 15 is 0 Å². The first-order chi connectivity index (χ1) is 14.1. The molecule has 6 heteroatoms. The third-order valence-corrected chi connectivity index (χ3v) is 6.29. The van der Waals surface area contributed by atoms with Gasteiger partial charge in [0.15, 0.2) is 5.16 Å². The van der Waals surface area contributed by atoms with E-state index in [4.69, 9.17) is 4.98 Å². The van der Waals surface area contributed by atoms with Gasteiger partial charge in [0.05, 0.1) is 22.3 Å². The summed E-state index contributed by atoms with van der Waals surface area (Å²) in [7, 11) is 0. The minimum atomic E-state index is -0.114. The van der Waals surface area contributed by atoms with Crippen molar-refractivity contribution in [1.82, 2.24) is 14.9 Å². The number of carbonyl (C=O) groups excluding carboxylic acids is 1. The van der Waals surface area contributed by atoms with Crippen LogP contribution in [0.4, 0.5) is 0 Å². The Hall–Kier alpha value is -2.60. The summed E-state index contributed by atoms with van der Waals surface area (Å²) in [5, 5.41) is 4.10. The first kappa shape index (κ1) is 19.7. The SMILES string of the molecule is CC[C@H](C)c1ccc(-n2c(SCC(=O)NC3CC3)nc3ccccc3c2=O)cc1. The third-order valence-electron chi connectivity index (χ3n) is 5.35. The maximum atomic E-state index is 13.3. The second kappa shape index (κ2) is 8.41. The fraction of sp³-hybridized carbons (Fsp3) is 0.348. The predicted octanol–water partition coefficient (Wildman–Crippen LogP) is 4.27. The zero-order chi connectivity index (χ0) is 20.4. The molecule has 0 bridgehead atoms. The van der Waals surface area contributed by atoms with Gasteiger partial charge in [-0.3, -0.25) is 14.2 Å². The number of nitrogens with zero attached hydrogens (tertiary/aromatic N) is 2. The maximum absolute atomic E-state index is 13.3. The van der Waals surface area contributed by atoms with Gasteiger partial charge in [-0.1, -0.05) is 49.9 Å². The van der Waals surface area contributed by atoms with E-state index < -0.39 is 0 Å². The Morgan fingerprint density at radius 3 is 2.62 bits per heavy atom. The largest absolute Gasteiger partial charge is 0.353 e. The molecule has 29 heavy (non-hydrogen) atoms. The van der Waals surface area contributed by atoms with Crippen LogP contribution in [-0.2, 0) is 4.79 Å². The summed E-state index contributed by atoms with van der Waals surface area (Å²) in [6, 6.07) is 15.7. The van der Waals surface area contributed by atoms with Crippen molar-refractivity contribution in [3.05, 3.63) is 64.4 Å². The highest BCUT2D eigenvalue weighted by molar-refractivity contribution is 7.99. The molecule has 1 amide bonds.